The highest BCUT2D eigenvalue weighted by atomic mass is 16.6. The van der Waals surface area contributed by atoms with Crippen molar-refractivity contribution >= 4 is 12.1 Å². The molecule has 0 aromatic heterocycles. The molecule has 0 aliphatic carbocycles. The molecule has 0 radical (unpaired) electrons. The molecule has 0 aromatic rings. The van der Waals surface area contributed by atoms with E-state index >= 15 is 0 Å². The molecule has 21 heavy (non-hydrogen) atoms. The summed E-state index contributed by atoms with van der Waals surface area (Å²) in [6.07, 6.45) is 4.95. The Morgan fingerprint density at radius 3 is 2.57 bits per heavy atom. The lowest BCUT2D eigenvalue weighted by atomic mass is 9.89. The first-order chi connectivity index (χ1) is 9.77. The van der Waals surface area contributed by atoms with E-state index in [2.05, 4.69) is 6.58 Å². The van der Waals surface area contributed by atoms with Crippen molar-refractivity contribution in [3.8, 4) is 0 Å². The maximum absolute atomic E-state index is 12.4. The Morgan fingerprint density at radius 2 is 2.05 bits per heavy atom. The van der Waals surface area contributed by atoms with Gasteiger partial charge in [0, 0.05) is 6.54 Å². The first-order valence-electron chi connectivity index (χ1n) is 7.47. The molecular formula is C16H27NO4. The highest BCUT2D eigenvalue weighted by molar-refractivity contribution is 5.86. The first-order valence-corrected chi connectivity index (χ1v) is 7.47. The molecule has 5 heteroatoms. The van der Waals surface area contributed by atoms with E-state index < -0.39 is 17.2 Å². The van der Waals surface area contributed by atoms with Gasteiger partial charge in [0.25, 0.3) is 0 Å². The second kappa shape index (κ2) is 6.96. The monoisotopic (exact) mass is 297 g/mol. The van der Waals surface area contributed by atoms with Gasteiger partial charge >= 0.3 is 12.1 Å². The highest BCUT2D eigenvalue weighted by Gasteiger charge is 2.51. The summed E-state index contributed by atoms with van der Waals surface area (Å²) in [5.41, 5.74) is -1.47. The molecule has 0 aromatic carbocycles. The number of hydrogen-bond donors (Lipinski definition) is 0. The van der Waals surface area contributed by atoms with E-state index in [1.54, 1.807) is 4.90 Å². The Balaban J connectivity index is 2.95. The van der Waals surface area contributed by atoms with Crippen LogP contribution in [0.25, 0.3) is 0 Å². The van der Waals surface area contributed by atoms with Gasteiger partial charge in [-0.25, -0.2) is 9.59 Å². The number of hydrogen-bond acceptors (Lipinski definition) is 4. The number of nitrogens with zero attached hydrogens (tertiary/aromatic N) is 1. The third-order valence-corrected chi connectivity index (χ3v) is 3.67. The van der Waals surface area contributed by atoms with Crippen molar-refractivity contribution in [2.75, 3.05) is 13.7 Å². The Hall–Kier alpha value is -1.52. The van der Waals surface area contributed by atoms with Crippen molar-refractivity contribution in [1.82, 2.24) is 4.90 Å². The summed E-state index contributed by atoms with van der Waals surface area (Å²) in [6, 6.07) is 0. The lowest BCUT2D eigenvalue weighted by Gasteiger charge is -2.36. The lowest BCUT2D eigenvalue weighted by Crippen LogP contribution is -2.54. The van der Waals surface area contributed by atoms with Gasteiger partial charge in [-0.1, -0.05) is 6.08 Å². The minimum Gasteiger partial charge on any atom is -0.467 e. The van der Waals surface area contributed by atoms with Crippen molar-refractivity contribution < 1.29 is 19.1 Å². The maximum atomic E-state index is 12.4. The van der Waals surface area contributed by atoms with E-state index in [-0.39, 0.29) is 5.97 Å². The van der Waals surface area contributed by atoms with E-state index in [4.69, 9.17) is 9.47 Å². The molecule has 0 spiro atoms. The average Bonchev–Trinajstić information content (AvgIpc) is 2.81. The number of allylic oxidation sites excluding steroid dienone is 1. The van der Waals surface area contributed by atoms with Crippen LogP contribution in [0.5, 0.6) is 0 Å². The fourth-order valence-corrected chi connectivity index (χ4v) is 2.76. The normalized spacial score (nSPS) is 22.0. The Bertz CT molecular complexity index is 400. The van der Waals surface area contributed by atoms with Crippen LogP contribution in [-0.2, 0) is 14.3 Å². The maximum Gasteiger partial charge on any atom is 0.411 e. The summed E-state index contributed by atoms with van der Waals surface area (Å²) in [7, 11) is 1.36. The van der Waals surface area contributed by atoms with Crippen LogP contribution < -0.4 is 0 Å². The molecule has 1 aliphatic heterocycles. The van der Waals surface area contributed by atoms with Crippen LogP contribution in [0.2, 0.25) is 0 Å². The molecule has 120 valence electrons. The number of amides is 1. The molecule has 0 unspecified atom stereocenters. The fourth-order valence-electron chi connectivity index (χ4n) is 2.76. The molecule has 1 aliphatic rings. The number of methoxy groups -OCH3 is 1. The zero-order valence-corrected chi connectivity index (χ0v) is 13.6. The SMILES string of the molecule is C=CCCC[C@@]1(C(=O)OC)CCCN1C(=O)OC(C)(C)C. The summed E-state index contributed by atoms with van der Waals surface area (Å²) in [5, 5.41) is 0. The van der Waals surface area contributed by atoms with Crippen molar-refractivity contribution in [3.05, 3.63) is 12.7 Å². The summed E-state index contributed by atoms with van der Waals surface area (Å²) in [5.74, 6) is -0.352. The molecule has 5 nitrogen and oxygen atoms in total. The molecular weight excluding hydrogens is 270 g/mol. The largest absolute Gasteiger partial charge is 0.467 e. The van der Waals surface area contributed by atoms with Crippen LogP contribution >= 0.6 is 0 Å². The molecule has 1 fully saturated rings. The topological polar surface area (TPSA) is 55.8 Å². The molecule has 1 amide bonds. The van der Waals surface area contributed by atoms with E-state index in [1.165, 1.54) is 7.11 Å². The van der Waals surface area contributed by atoms with Gasteiger partial charge in [0.05, 0.1) is 7.11 Å². The third kappa shape index (κ3) is 4.22. The molecule has 0 bridgehead atoms. The Labute approximate surface area is 127 Å². The standard InChI is InChI=1S/C16H27NO4/c1-6-7-8-10-16(13(18)20-5)11-9-12-17(16)14(19)21-15(2,3)4/h6H,1,7-12H2,2-5H3/t16-/m0/s1. The zero-order chi connectivity index (χ0) is 16.1. The second-order valence-electron chi connectivity index (χ2n) is 6.44. The van der Waals surface area contributed by atoms with Crippen molar-refractivity contribution in [1.29, 1.82) is 0 Å². The number of rotatable bonds is 5. The summed E-state index contributed by atoms with van der Waals surface area (Å²) in [4.78, 5) is 26.3. The van der Waals surface area contributed by atoms with Gasteiger partial charge in [0.1, 0.15) is 11.1 Å². The predicted octanol–water partition coefficient (Wildman–Crippen LogP) is 3.29. The molecule has 0 N–H and O–H groups in total. The van der Waals surface area contributed by atoms with Crippen LogP contribution in [0.3, 0.4) is 0 Å². The minimum atomic E-state index is -0.889. The van der Waals surface area contributed by atoms with Gasteiger partial charge in [0.15, 0.2) is 0 Å². The van der Waals surface area contributed by atoms with Crippen molar-refractivity contribution in [3.63, 3.8) is 0 Å². The zero-order valence-electron chi connectivity index (χ0n) is 13.6. The molecule has 1 heterocycles. The lowest BCUT2D eigenvalue weighted by molar-refractivity contribution is -0.153. The van der Waals surface area contributed by atoms with E-state index in [9.17, 15) is 9.59 Å². The van der Waals surface area contributed by atoms with Crippen molar-refractivity contribution in [2.24, 2.45) is 0 Å². The first kappa shape index (κ1) is 17.5. The van der Waals surface area contributed by atoms with E-state index in [0.717, 1.165) is 19.3 Å². The molecule has 1 saturated heterocycles. The van der Waals surface area contributed by atoms with Crippen LogP contribution in [0.1, 0.15) is 52.9 Å². The van der Waals surface area contributed by atoms with E-state index in [0.29, 0.717) is 19.4 Å². The Kier molecular flexibility index (Phi) is 5.81. The minimum absolute atomic E-state index is 0.352. The number of carbonyl (C=O) groups is 2. The van der Waals surface area contributed by atoms with Gasteiger partial charge < -0.3 is 9.47 Å². The highest BCUT2D eigenvalue weighted by Crippen LogP contribution is 2.36. The summed E-state index contributed by atoms with van der Waals surface area (Å²) >= 11 is 0. The van der Waals surface area contributed by atoms with Gasteiger partial charge in [-0.2, -0.15) is 0 Å². The predicted molar refractivity (Wildman–Crippen MR) is 81.0 cm³/mol. The van der Waals surface area contributed by atoms with Crippen LogP contribution in [-0.4, -0.2) is 41.8 Å². The number of esters is 1. The van der Waals surface area contributed by atoms with Crippen LogP contribution in [0, 0.1) is 0 Å². The summed E-state index contributed by atoms with van der Waals surface area (Å²) in [6.45, 7) is 9.67. The Morgan fingerprint density at radius 1 is 1.38 bits per heavy atom. The molecule has 0 saturated carbocycles. The number of likely N-dealkylation sites (tertiary alicyclic amines) is 1. The van der Waals surface area contributed by atoms with Crippen LogP contribution in [0.4, 0.5) is 4.79 Å². The number of unbranched alkanes of at least 4 members (excludes halogenated alkanes) is 1. The summed E-state index contributed by atoms with van der Waals surface area (Å²) < 4.78 is 10.4. The second-order valence-corrected chi connectivity index (χ2v) is 6.44. The van der Waals surface area contributed by atoms with Crippen molar-refractivity contribution in [2.45, 2.75) is 64.0 Å². The van der Waals surface area contributed by atoms with Crippen LogP contribution in [0.15, 0.2) is 12.7 Å². The molecule has 1 rings (SSSR count). The number of ether oxygens (including phenoxy) is 2. The molecule has 1 atom stereocenters. The van der Waals surface area contributed by atoms with Gasteiger partial charge in [0.2, 0.25) is 0 Å². The van der Waals surface area contributed by atoms with Gasteiger partial charge in [-0.15, -0.1) is 6.58 Å². The fraction of sp³-hybridized carbons (Fsp3) is 0.750. The van der Waals surface area contributed by atoms with Gasteiger partial charge in [-0.05, 0) is 52.9 Å². The van der Waals surface area contributed by atoms with Gasteiger partial charge in [-0.3, -0.25) is 4.90 Å². The number of carbonyl (C=O) groups excluding carboxylic acids is 2. The quantitative estimate of drug-likeness (QED) is 0.444. The van der Waals surface area contributed by atoms with E-state index in [1.807, 2.05) is 26.8 Å². The smallest absolute Gasteiger partial charge is 0.411 e. The third-order valence-electron chi connectivity index (χ3n) is 3.67. The average molecular weight is 297 g/mol.